The van der Waals surface area contributed by atoms with Gasteiger partial charge in [0.25, 0.3) is 5.91 Å². The third-order valence-corrected chi connectivity index (χ3v) is 5.57. The van der Waals surface area contributed by atoms with Crippen molar-refractivity contribution in [2.24, 2.45) is 0 Å². The molecule has 1 unspecified atom stereocenters. The van der Waals surface area contributed by atoms with Crippen LogP contribution in [-0.2, 0) is 6.16 Å². The predicted molar refractivity (Wildman–Crippen MR) is 128 cm³/mol. The van der Waals surface area contributed by atoms with Gasteiger partial charge in [-0.15, -0.1) is 20.3 Å². The lowest BCUT2D eigenvalue weighted by Crippen LogP contribution is -2.14. The maximum Gasteiger partial charge on any atom is 0.257 e. The van der Waals surface area contributed by atoms with Gasteiger partial charge in [0.1, 0.15) is 17.2 Å². The number of amides is 1. The van der Waals surface area contributed by atoms with Crippen LogP contribution in [0.5, 0.6) is 17.2 Å². The van der Waals surface area contributed by atoms with Crippen molar-refractivity contribution in [1.82, 2.24) is 9.97 Å². The molecular weight excluding hydrogens is 429 g/mol. The number of aromatic nitrogens is 2. The summed E-state index contributed by atoms with van der Waals surface area (Å²) in [5.74, 6) is 1.85. The molecule has 1 N–H and O–H groups in total. The van der Waals surface area contributed by atoms with E-state index in [2.05, 4.69) is 21.9 Å². The molecule has 6 nitrogen and oxygen atoms in total. The summed E-state index contributed by atoms with van der Waals surface area (Å²) in [4.78, 5) is 22.6. The first kappa shape index (κ1) is 23.0. The van der Waals surface area contributed by atoms with E-state index in [1.165, 1.54) is 0 Å². The van der Waals surface area contributed by atoms with Crippen molar-refractivity contribution in [1.29, 1.82) is 0 Å². The van der Waals surface area contributed by atoms with E-state index in [1.807, 2.05) is 44.4 Å². The van der Waals surface area contributed by atoms with Gasteiger partial charge < -0.3 is 14.8 Å². The minimum atomic E-state index is -0.309. The van der Waals surface area contributed by atoms with Gasteiger partial charge in [-0.2, -0.15) is 0 Å². The Kier molecular flexibility index (Phi) is 8.27. The van der Waals surface area contributed by atoms with Crippen LogP contribution < -0.4 is 14.8 Å². The van der Waals surface area contributed by atoms with Crippen LogP contribution in [-0.4, -0.2) is 34.9 Å². The normalized spacial score (nSPS) is 11.1. The highest BCUT2D eigenvalue weighted by atomic mass is 32.2. The van der Waals surface area contributed by atoms with E-state index in [0.717, 1.165) is 25.3 Å². The van der Waals surface area contributed by atoms with E-state index in [9.17, 15) is 4.79 Å². The highest BCUT2D eigenvalue weighted by Gasteiger charge is 2.13. The van der Waals surface area contributed by atoms with E-state index in [1.54, 1.807) is 42.4 Å². The van der Waals surface area contributed by atoms with Crippen LogP contribution in [0.4, 0.5) is 5.82 Å². The maximum atomic E-state index is 12.9. The molecule has 3 aromatic rings. The number of nitrogens with one attached hydrogen (secondary N) is 1. The minimum Gasteiger partial charge on any atom is -0.491 e. The Labute approximate surface area is 189 Å². The molecule has 0 aliphatic rings. The molecule has 0 aliphatic heterocycles. The SMILES string of the molecule is CPCc1cnc(NC(=O)c2cc(Oc3ccc(SC)cc3)cc(OC(C)C)c2)cn1. The standard InChI is InChI=1S/C23H26N3O3PS/c1-15(2)28-19-9-16(23(27)26-22-13-24-17(12-25-22)14-30-3)10-20(11-19)29-18-5-7-21(31-4)8-6-18/h5-13,15,30H,14H2,1-4H3,(H,25,26,27). The summed E-state index contributed by atoms with van der Waals surface area (Å²) in [7, 11) is 0.768. The zero-order chi connectivity index (χ0) is 22.2. The molecule has 0 saturated carbocycles. The molecule has 31 heavy (non-hydrogen) atoms. The summed E-state index contributed by atoms with van der Waals surface area (Å²) < 4.78 is 11.8. The molecular formula is C23H26N3O3PS. The predicted octanol–water partition coefficient (Wildman–Crippen LogP) is 5.84. The Morgan fingerprint density at radius 3 is 2.42 bits per heavy atom. The fraction of sp³-hybridized carbons (Fsp3) is 0.261. The monoisotopic (exact) mass is 455 g/mol. The van der Waals surface area contributed by atoms with Gasteiger partial charge in [-0.3, -0.25) is 9.78 Å². The van der Waals surface area contributed by atoms with Crippen LogP contribution >= 0.6 is 20.3 Å². The van der Waals surface area contributed by atoms with Crippen LogP contribution in [0.15, 0.2) is 59.8 Å². The second kappa shape index (κ2) is 11.1. The number of nitrogens with zero attached hydrogens (tertiary/aromatic N) is 2. The second-order valence-corrected chi connectivity index (χ2v) is 8.96. The molecule has 1 aromatic heterocycles. The first-order valence-corrected chi connectivity index (χ1v) is 12.8. The molecule has 1 atom stereocenters. The first-order valence-electron chi connectivity index (χ1n) is 9.87. The number of carbonyl (C=O) groups excluding carboxylic acids is 1. The van der Waals surface area contributed by atoms with Gasteiger partial charge >= 0.3 is 0 Å². The van der Waals surface area contributed by atoms with E-state index in [4.69, 9.17) is 9.47 Å². The van der Waals surface area contributed by atoms with Gasteiger partial charge in [-0.05, 0) is 63.2 Å². The number of carbonyl (C=O) groups is 1. The molecule has 162 valence electrons. The minimum absolute atomic E-state index is 0.0373. The van der Waals surface area contributed by atoms with E-state index >= 15 is 0 Å². The summed E-state index contributed by atoms with van der Waals surface area (Å²) >= 11 is 1.66. The molecule has 2 aromatic carbocycles. The smallest absolute Gasteiger partial charge is 0.257 e. The summed E-state index contributed by atoms with van der Waals surface area (Å²) in [5, 5.41) is 2.79. The lowest BCUT2D eigenvalue weighted by atomic mass is 10.2. The van der Waals surface area contributed by atoms with Gasteiger partial charge in [0, 0.05) is 22.7 Å². The summed E-state index contributed by atoms with van der Waals surface area (Å²) in [6.45, 7) is 5.98. The molecule has 1 amide bonds. The average molecular weight is 456 g/mol. The van der Waals surface area contributed by atoms with Crippen LogP contribution in [0.1, 0.15) is 29.9 Å². The molecule has 8 heteroatoms. The Balaban J connectivity index is 1.81. The van der Waals surface area contributed by atoms with Crippen LogP contribution in [0, 0.1) is 0 Å². The van der Waals surface area contributed by atoms with Crippen LogP contribution in [0.3, 0.4) is 0 Å². The zero-order valence-corrected chi connectivity index (χ0v) is 19.8. The summed E-state index contributed by atoms with van der Waals surface area (Å²) in [6.07, 6.45) is 6.14. The molecule has 0 radical (unpaired) electrons. The van der Waals surface area contributed by atoms with Crippen molar-refractivity contribution in [2.75, 3.05) is 18.2 Å². The molecule has 1 heterocycles. The largest absolute Gasteiger partial charge is 0.491 e. The fourth-order valence-corrected chi connectivity index (χ4v) is 3.72. The van der Waals surface area contributed by atoms with Crippen molar-refractivity contribution in [2.45, 2.75) is 31.0 Å². The average Bonchev–Trinajstić information content (AvgIpc) is 2.75. The number of thioether (sulfide) groups is 1. The number of rotatable bonds is 9. The molecule has 0 fully saturated rings. The summed E-state index contributed by atoms with van der Waals surface area (Å²) in [5.41, 5.74) is 1.32. The summed E-state index contributed by atoms with van der Waals surface area (Å²) in [6, 6.07) is 12.9. The number of hydrogen-bond acceptors (Lipinski definition) is 6. The van der Waals surface area contributed by atoms with E-state index in [-0.39, 0.29) is 12.0 Å². The van der Waals surface area contributed by atoms with Gasteiger partial charge in [0.2, 0.25) is 0 Å². The third kappa shape index (κ3) is 6.94. The van der Waals surface area contributed by atoms with Gasteiger partial charge in [0.15, 0.2) is 5.82 Å². The quantitative estimate of drug-likeness (QED) is 0.323. The number of hydrogen-bond donors (Lipinski definition) is 1. The van der Waals surface area contributed by atoms with E-state index < -0.39 is 0 Å². The zero-order valence-electron chi connectivity index (χ0n) is 18.0. The number of anilines is 1. The molecule has 3 rings (SSSR count). The third-order valence-electron chi connectivity index (χ3n) is 4.11. The second-order valence-electron chi connectivity index (χ2n) is 7.01. The highest BCUT2D eigenvalue weighted by Crippen LogP contribution is 2.29. The Morgan fingerprint density at radius 2 is 1.81 bits per heavy atom. The van der Waals surface area contributed by atoms with Gasteiger partial charge in [0.05, 0.1) is 24.2 Å². The number of ether oxygens (including phenoxy) is 2. The molecule has 0 bridgehead atoms. The Hall–Kier alpha value is -2.63. The van der Waals surface area contributed by atoms with Crippen LogP contribution in [0.2, 0.25) is 0 Å². The molecule has 0 aliphatic carbocycles. The van der Waals surface area contributed by atoms with E-state index in [0.29, 0.717) is 28.6 Å². The van der Waals surface area contributed by atoms with Gasteiger partial charge in [-0.25, -0.2) is 4.98 Å². The van der Waals surface area contributed by atoms with Crippen molar-refractivity contribution >= 4 is 32.1 Å². The van der Waals surface area contributed by atoms with Crippen LogP contribution in [0.25, 0.3) is 0 Å². The molecule has 0 saturated heterocycles. The highest BCUT2D eigenvalue weighted by molar-refractivity contribution is 7.98. The fourth-order valence-electron chi connectivity index (χ4n) is 2.76. The molecule has 0 spiro atoms. The lowest BCUT2D eigenvalue weighted by molar-refractivity contribution is 0.102. The van der Waals surface area contributed by atoms with Crippen molar-refractivity contribution in [3.63, 3.8) is 0 Å². The number of benzene rings is 2. The topological polar surface area (TPSA) is 73.3 Å². The maximum absolute atomic E-state index is 12.9. The van der Waals surface area contributed by atoms with Crippen molar-refractivity contribution in [3.8, 4) is 17.2 Å². The first-order chi connectivity index (χ1) is 15.0. The Bertz CT molecular complexity index is 1010. The Morgan fingerprint density at radius 1 is 1.06 bits per heavy atom. The van der Waals surface area contributed by atoms with Crippen molar-refractivity contribution < 1.29 is 14.3 Å². The lowest BCUT2D eigenvalue weighted by Gasteiger charge is -2.14. The van der Waals surface area contributed by atoms with Gasteiger partial charge in [-0.1, -0.05) is 0 Å². The van der Waals surface area contributed by atoms with Crippen molar-refractivity contribution in [3.05, 3.63) is 66.1 Å².